The second-order valence-corrected chi connectivity index (χ2v) is 5.50. The van der Waals surface area contributed by atoms with Gasteiger partial charge >= 0.3 is 0 Å². The number of halogens is 1. The molecular formula is C10H10ClN3O2S. The second kappa shape index (κ2) is 4.48. The zero-order valence-corrected chi connectivity index (χ0v) is 10.3. The number of benzene rings is 1. The van der Waals surface area contributed by atoms with E-state index in [-0.39, 0.29) is 5.03 Å². The Hall–Kier alpha value is -1.37. The zero-order chi connectivity index (χ0) is 12.5. The van der Waals surface area contributed by atoms with Crippen molar-refractivity contribution in [3.63, 3.8) is 0 Å². The van der Waals surface area contributed by atoms with Gasteiger partial charge in [0, 0.05) is 17.8 Å². The van der Waals surface area contributed by atoms with E-state index in [4.69, 9.17) is 16.7 Å². The monoisotopic (exact) mass is 271 g/mol. The number of rotatable bonds is 3. The molecule has 0 aliphatic rings. The summed E-state index contributed by atoms with van der Waals surface area (Å²) in [6.07, 6.45) is 2.80. The molecule has 5 nitrogen and oxygen atoms in total. The van der Waals surface area contributed by atoms with Crippen LogP contribution in [0, 0.1) is 0 Å². The van der Waals surface area contributed by atoms with Gasteiger partial charge in [0.2, 0.25) is 0 Å². The molecule has 7 heteroatoms. The van der Waals surface area contributed by atoms with E-state index < -0.39 is 10.0 Å². The van der Waals surface area contributed by atoms with Crippen molar-refractivity contribution in [3.8, 4) is 0 Å². The number of imidazole rings is 1. The molecule has 2 rings (SSSR count). The van der Waals surface area contributed by atoms with E-state index in [1.54, 1.807) is 16.7 Å². The summed E-state index contributed by atoms with van der Waals surface area (Å²) in [7, 11) is -3.74. The molecule has 0 aliphatic heterocycles. The molecule has 0 fully saturated rings. The van der Waals surface area contributed by atoms with Gasteiger partial charge in [-0.3, -0.25) is 0 Å². The number of hydrogen-bond acceptors (Lipinski definition) is 3. The van der Waals surface area contributed by atoms with Crippen LogP contribution in [0.1, 0.15) is 5.56 Å². The highest BCUT2D eigenvalue weighted by molar-refractivity contribution is 7.89. The van der Waals surface area contributed by atoms with Gasteiger partial charge in [0.15, 0.2) is 5.03 Å². The Balaban J connectivity index is 2.23. The highest BCUT2D eigenvalue weighted by Gasteiger charge is 2.11. The van der Waals surface area contributed by atoms with Crippen LogP contribution in [0.2, 0.25) is 5.02 Å². The lowest BCUT2D eigenvalue weighted by Crippen LogP contribution is -2.12. The normalized spacial score (nSPS) is 11.6. The van der Waals surface area contributed by atoms with Crippen LogP contribution in [-0.4, -0.2) is 18.0 Å². The molecule has 90 valence electrons. The number of nitrogens with zero attached hydrogens (tertiary/aromatic N) is 2. The smallest absolute Gasteiger partial charge is 0.257 e. The Kier molecular flexibility index (Phi) is 3.19. The van der Waals surface area contributed by atoms with Gasteiger partial charge in [-0.25, -0.2) is 18.5 Å². The molecule has 0 aliphatic carbocycles. The molecule has 0 atom stereocenters. The Morgan fingerprint density at radius 2 is 2.18 bits per heavy atom. The van der Waals surface area contributed by atoms with E-state index in [9.17, 15) is 8.42 Å². The summed E-state index contributed by atoms with van der Waals surface area (Å²) in [4.78, 5) is 3.72. The van der Waals surface area contributed by atoms with E-state index in [2.05, 4.69) is 4.98 Å². The maximum atomic E-state index is 11.0. The molecular weight excluding hydrogens is 262 g/mol. The second-order valence-electron chi connectivity index (χ2n) is 3.56. The van der Waals surface area contributed by atoms with Crippen LogP contribution in [0.15, 0.2) is 41.8 Å². The van der Waals surface area contributed by atoms with Crippen LogP contribution in [0.3, 0.4) is 0 Å². The van der Waals surface area contributed by atoms with E-state index in [0.717, 1.165) is 5.56 Å². The van der Waals surface area contributed by atoms with Crippen molar-refractivity contribution >= 4 is 21.6 Å². The van der Waals surface area contributed by atoms with Crippen molar-refractivity contribution < 1.29 is 8.42 Å². The third kappa shape index (κ3) is 3.06. The Labute approximate surface area is 104 Å². The van der Waals surface area contributed by atoms with Crippen molar-refractivity contribution in [1.82, 2.24) is 9.55 Å². The molecule has 2 aromatic rings. The fourth-order valence-electron chi connectivity index (χ4n) is 1.42. The molecule has 1 aromatic carbocycles. The summed E-state index contributed by atoms with van der Waals surface area (Å²) in [5, 5.41) is 5.46. The van der Waals surface area contributed by atoms with Crippen molar-refractivity contribution in [3.05, 3.63) is 47.4 Å². The summed E-state index contributed by atoms with van der Waals surface area (Å²) in [5.74, 6) is 0. The first-order valence-corrected chi connectivity index (χ1v) is 6.66. The zero-order valence-electron chi connectivity index (χ0n) is 8.75. The molecule has 1 heterocycles. The molecule has 0 bridgehead atoms. The SMILES string of the molecule is NS(=O)(=O)c1cn(Cc2cccc(Cl)c2)cn1. The van der Waals surface area contributed by atoms with Crippen LogP contribution >= 0.6 is 11.6 Å². The molecule has 0 saturated carbocycles. The van der Waals surface area contributed by atoms with Gasteiger partial charge in [-0.1, -0.05) is 23.7 Å². The number of aromatic nitrogens is 2. The Morgan fingerprint density at radius 1 is 1.41 bits per heavy atom. The minimum atomic E-state index is -3.74. The van der Waals surface area contributed by atoms with Gasteiger partial charge in [0.25, 0.3) is 10.0 Å². The lowest BCUT2D eigenvalue weighted by Gasteiger charge is -2.02. The molecule has 0 spiro atoms. The minimum Gasteiger partial charge on any atom is -0.332 e. The summed E-state index contributed by atoms with van der Waals surface area (Å²) >= 11 is 5.85. The van der Waals surface area contributed by atoms with Gasteiger partial charge in [0.05, 0.1) is 6.33 Å². The first-order valence-electron chi connectivity index (χ1n) is 4.74. The molecule has 0 unspecified atom stereocenters. The summed E-state index contributed by atoms with van der Waals surface area (Å²) in [6.45, 7) is 0.489. The fraction of sp³-hybridized carbons (Fsp3) is 0.100. The first-order chi connectivity index (χ1) is 7.95. The average molecular weight is 272 g/mol. The van der Waals surface area contributed by atoms with E-state index in [1.165, 1.54) is 12.5 Å². The third-order valence-corrected chi connectivity index (χ3v) is 3.18. The standard InChI is InChI=1S/C10H10ClN3O2S/c11-9-3-1-2-8(4-9)5-14-6-10(13-7-14)17(12,15)16/h1-4,6-7H,5H2,(H2,12,15,16). The van der Waals surface area contributed by atoms with Crippen molar-refractivity contribution in [2.24, 2.45) is 5.14 Å². The van der Waals surface area contributed by atoms with Crippen LogP contribution in [-0.2, 0) is 16.6 Å². The van der Waals surface area contributed by atoms with Gasteiger partial charge in [-0.15, -0.1) is 0 Å². The first kappa shape index (κ1) is 12.1. The van der Waals surface area contributed by atoms with Gasteiger partial charge < -0.3 is 4.57 Å². The van der Waals surface area contributed by atoms with Crippen molar-refractivity contribution in [1.29, 1.82) is 0 Å². The Morgan fingerprint density at radius 3 is 2.76 bits per heavy atom. The molecule has 1 aromatic heterocycles. The maximum Gasteiger partial charge on any atom is 0.257 e. The van der Waals surface area contributed by atoms with Gasteiger partial charge in [-0.2, -0.15) is 0 Å². The highest BCUT2D eigenvalue weighted by atomic mass is 35.5. The van der Waals surface area contributed by atoms with Crippen LogP contribution in [0.4, 0.5) is 0 Å². The topological polar surface area (TPSA) is 78.0 Å². The van der Waals surface area contributed by atoms with Crippen LogP contribution in [0.25, 0.3) is 0 Å². The predicted molar refractivity (Wildman–Crippen MR) is 64.2 cm³/mol. The molecule has 0 radical (unpaired) electrons. The lowest BCUT2D eigenvalue weighted by molar-refractivity contribution is 0.594. The van der Waals surface area contributed by atoms with Gasteiger partial charge in [0.1, 0.15) is 0 Å². The summed E-state index contributed by atoms with van der Waals surface area (Å²) < 4.78 is 23.7. The summed E-state index contributed by atoms with van der Waals surface area (Å²) in [5.41, 5.74) is 0.955. The molecule has 2 N–H and O–H groups in total. The van der Waals surface area contributed by atoms with Crippen molar-refractivity contribution in [2.75, 3.05) is 0 Å². The molecule has 17 heavy (non-hydrogen) atoms. The van der Waals surface area contributed by atoms with Gasteiger partial charge in [-0.05, 0) is 17.7 Å². The van der Waals surface area contributed by atoms with E-state index in [0.29, 0.717) is 11.6 Å². The molecule has 0 amide bonds. The number of sulfonamides is 1. The number of nitrogens with two attached hydrogens (primary N) is 1. The maximum absolute atomic E-state index is 11.0. The van der Waals surface area contributed by atoms with Crippen LogP contribution < -0.4 is 5.14 Å². The predicted octanol–water partition coefficient (Wildman–Crippen LogP) is 1.23. The number of primary sulfonamides is 1. The Bertz CT molecular complexity index is 637. The largest absolute Gasteiger partial charge is 0.332 e. The van der Waals surface area contributed by atoms with Crippen LogP contribution in [0.5, 0.6) is 0 Å². The van der Waals surface area contributed by atoms with E-state index >= 15 is 0 Å². The average Bonchev–Trinajstić information content (AvgIpc) is 2.65. The molecule has 0 saturated heterocycles. The quantitative estimate of drug-likeness (QED) is 0.912. The minimum absolute atomic E-state index is 0.139. The fourth-order valence-corrected chi connectivity index (χ4v) is 2.11. The summed E-state index contributed by atoms with van der Waals surface area (Å²) in [6, 6.07) is 7.30. The van der Waals surface area contributed by atoms with E-state index in [1.807, 2.05) is 12.1 Å². The third-order valence-electron chi connectivity index (χ3n) is 2.16. The van der Waals surface area contributed by atoms with Crippen molar-refractivity contribution in [2.45, 2.75) is 11.6 Å². The highest BCUT2D eigenvalue weighted by Crippen LogP contribution is 2.12. The lowest BCUT2D eigenvalue weighted by atomic mass is 10.2. The number of hydrogen-bond donors (Lipinski definition) is 1.